The van der Waals surface area contributed by atoms with Crippen molar-refractivity contribution >= 4 is 33.6 Å². The molecule has 0 saturated carbocycles. The van der Waals surface area contributed by atoms with Gasteiger partial charge in [0.15, 0.2) is 5.60 Å². The van der Waals surface area contributed by atoms with Gasteiger partial charge in [-0.25, -0.2) is 9.78 Å². The highest BCUT2D eigenvalue weighted by Crippen LogP contribution is 2.34. The van der Waals surface area contributed by atoms with Crippen molar-refractivity contribution in [1.82, 2.24) is 19.8 Å². The number of H-pyrrole nitrogens is 1. The van der Waals surface area contributed by atoms with E-state index in [9.17, 15) is 14.4 Å². The van der Waals surface area contributed by atoms with Gasteiger partial charge in [-0.2, -0.15) is 0 Å². The van der Waals surface area contributed by atoms with E-state index in [0.29, 0.717) is 52.5 Å². The fourth-order valence-corrected chi connectivity index (χ4v) is 4.82. The van der Waals surface area contributed by atoms with E-state index >= 15 is 0 Å². The van der Waals surface area contributed by atoms with Gasteiger partial charge in [-0.1, -0.05) is 0 Å². The van der Waals surface area contributed by atoms with Crippen LogP contribution in [0.3, 0.4) is 0 Å². The molecule has 1 unspecified atom stereocenters. The minimum atomic E-state index is -0.613. The van der Waals surface area contributed by atoms with E-state index in [1.807, 2.05) is 0 Å². The first-order valence-electron chi connectivity index (χ1n) is 8.03. The molecule has 2 saturated heterocycles. The van der Waals surface area contributed by atoms with E-state index in [1.165, 1.54) is 16.2 Å². The van der Waals surface area contributed by atoms with Crippen LogP contribution in [0.1, 0.15) is 27.5 Å². The standard InChI is InChI=1S/C16H18N4O4S/c1-8-10-12(21)17-9(2)18-13(10)25-11(8)14(22)20-5-4-16(7-20)6-19(3)15(23)24-16/h4-7H2,1-3H3,(H,17,18,21). The van der Waals surface area contributed by atoms with E-state index in [2.05, 4.69) is 9.97 Å². The van der Waals surface area contributed by atoms with Crippen LogP contribution in [0.4, 0.5) is 4.79 Å². The molecule has 4 heterocycles. The zero-order chi connectivity index (χ0) is 17.9. The molecule has 9 heteroatoms. The summed E-state index contributed by atoms with van der Waals surface area (Å²) in [6, 6.07) is 0. The zero-order valence-electron chi connectivity index (χ0n) is 14.2. The van der Waals surface area contributed by atoms with Gasteiger partial charge in [-0.15, -0.1) is 11.3 Å². The van der Waals surface area contributed by atoms with Gasteiger partial charge in [-0.05, 0) is 19.4 Å². The second-order valence-electron chi connectivity index (χ2n) is 6.77. The maximum Gasteiger partial charge on any atom is 0.410 e. The van der Waals surface area contributed by atoms with Crippen LogP contribution < -0.4 is 5.56 Å². The number of aromatic nitrogens is 2. The lowest BCUT2D eigenvalue weighted by Crippen LogP contribution is -2.39. The quantitative estimate of drug-likeness (QED) is 0.824. The third kappa shape index (κ3) is 2.41. The first-order chi connectivity index (χ1) is 11.8. The number of thiophene rings is 1. The van der Waals surface area contributed by atoms with E-state index in [4.69, 9.17) is 4.74 Å². The third-order valence-corrected chi connectivity index (χ3v) is 6.03. The van der Waals surface area contributed by atoms with E-state index < -0.39 is 5.60 Å². The van der Waals surface area contributed by atoms with Crippen LogP contribution in [0.5, 0.6) is 0 Å². The lowest BCUT2D eigenvalue weighted by Gasteiger charge is -2.21. The Bertz CT molecular complexity index is 965. The molecule has 8 nitrogen and oxygen atoms in total. The summed E-state index contributed by atoms with van der Waals surface area (Å²) < 4.78 is 5.49. The lowest BCUT2D eigenvalue weighted by atomic mass is 10.0. The summed E-state index contributed by atoms with van der Waals surface area (Å²) in [5.41, 5.74) is -0.182. The smallest absolute Gasteiger partial charge is 0.410 e. The maximum atomic E-state index is 13.0. The molecule has 0 aliphatic carbocycles. The summed E-state index contributed by atoms with van der Waals surface area (Å²) in [4.78, 5) is 48.2. The Kier molecular flexibility index (Phi) is 3.40. The molecular formula is C16H18N4O4S. The number of likely N-dealkylation sites (N-methyl/N-ethyl adjacent to an activating group) is 1. The Labute approximate surface area is 147 Å². The zero-order valence-corrected chi connectivity index (χ0v) is 15.0. The molecule has 2 fully saturated rings. The normalized spacial score (nSPS) is 23.1. The van der Waals surface area contributed by atoms with Crippen LogP contribution in [0.2, 0.25) is 0 Å². The van der Waals surface area contributed by atoms with Gasteiger partial charge in [0.25, 0.3) is 11.5 Å². The summed E-state index contributed by atoms with van der Waals surface area (Å²) >= 11 is 1.24. The van der Waals surface area contributed by atoms with Gasteiger partial charge in [0, 0.05) is 20.0 Å². The Balaban J connectivity index is 1.65. The number of fused-ring (bicyclic) bond motifs is 1. The predicted molar refractivity (Wildman–Crippen MR) is 92.1 cm³/mol. The van der Waals surface area contributed by atoms with Crippen molar-refractivity contribution in [1.29, 1.82) is 0 Å². The highest BCUT2D eigenvalue weighted by molar-refractivity contribution is 7.20. The van der Waals surface area contributed by atoms with Gasteiger partial charge in [-0.3, -0.25) is 9.59 Å². The van der Waals surface area contributed by atoms with Crippen molar-refractivity contribution in [2.45, 2.75) is 25.9 Å². The molecule has 2 amide bonds. The maximum absolute atomic E-state index is 13.0. The average molecular weight is 362 g/mol. The number of likely N-dealkylation sites (tertiary alicyclic amines) is 1. The molecule has 4 rings (SSSR count). The van der Waals surface area contributed by atoms with Gasteiger partial charge in [0.2, 0.25) is 0 Å². The number of hydrogen-bond donors (Lipinski definition) is 1. The topological polar surface area (TPSA) is 95.6 Å². The largest absolute Gasteiger partial charge is 0.439 e. The second kappa shape index (κ2) is 5.29. The van der Waals surface area contributed by atoms with Crippen molar-refractivity contribution in [3.05, 3.63) is 26.6 Å². The molecular weight excluding hydrogens is 344 g/mol. The first-order valence-corrected chi connectivity index (χ1v) is 8.85. The number of carbonyl (C=O) groups is 2. The number of nitrogens with one attached hydrogen (secondary N) is 1. The number of carbonyl (C=O) groups excluding carboxylic acids is 2. The monoisotopic (exact) mass is 362 g/mol. The Morgan fingerprint density at radius 1 is 1.32 bits per heavy atom. The second-order valence-corrected chi connectivity index (χ2v) is 7.77. The highest BCUT2D eigenvalue weighted by Gasteiger charge is 2.49. The average Bonchev–Trinajstić information content (AvgIpc) is 3.16. The van der Waals surface area contributed by atoms with Gasteiger partial charge < -0.3 is 19.5 Å². The summed E-state index contributed by atoms with van der Waals surface area (Å²) in [6.07, 6.45) is 0.273. The van der Waals surface area contributed by atoms with Gasteiger partial charge >= 0.3 is 6.09 Å². The molecule has 1 atom stereocenters. The number of aromatic amines is 1. The van der Waals surface area contributed by atoms with E-state index in [-0.39, 0.29) is 17.6 Å². The Morgan fingerprint density at radius 3 is 2.76 bits per heavy atom. The molecule has 1 N–H and O–H groups in total. The molecule has 1 spiro atoms. The fourth-order valence-electron chi connectivity index (χ4n) is 3.62. The van der Waals surface area contributed by atoms with Crippen molar-refractivity contribution in [2.75, 3.05) is 26.7 Å². The first kappa shape index (κ1) is 16.1. The molecule has 2 aromatic rings. The summed E-state index contributed by atoms with van der Waals surface area (Å²) in [5, 5.41) is 0.472. The minimum Gasteiger partial charge on any atom is -0.439 e. The SMILES string of the molecule is Cc1nc2sc(C(=O)N3CCC4(CN(C)C(=O)O4)C3)c(C)c2c(=O)[nH]1. The van der Waals surface area contributed by atoms with Crippen LogP contribution in [0.25, 0.3) is 10.2 Å². The lowest BCUT2D eigenvalue weighted by molar-refractivity contribution is 0.0555. The van der Waals surface area contributed by atoms with Crippen LogP contribution in [-0.2, 0) is 4.74 Å². The Morgan fingerprint density at radius 2 is 2.08 bits per heavy atom. The van der Waals surface area contributed by atoms with Crippen molar-refractivity contribution in [2.24, 2.45) is 0 Å². The molecule has 2 aliphatic rings. The molecule has 0 aromatic carbocycles. The Hall–Kier alpha value is -2.42. The van der Waals surface area contributed by atoms with Gasteiger partial charge in [0.05, 0.1) is 23.4 Å². The number of nitrogens with zero attached hydrogens (tertiary/aromatic N) is 3. The summed E-state index contributed by atoms with van der Waals surface area (Å²) in [7, 11) is 1.69. The highest BCUT2D eigenvalue weighted by atomic mass is 32.1. The van der Waals surface area contributed by atoms with Crippen molar-refractivity contribution in [3.63, 3.8) is 0 Å². The van der Waals surface area contributed by atoms with Gasteiger partial charge in [0.1, 0.15) is 10.7 Å². The third-order valence-electron chi connectivity index (χ3n) is 4.86. The molecule has 2 aliphatic heterocycles. The fraction of sp³-hybridized carbons (Fsp3) is 0.500. The molecule has 2 aromatic heterocycles. The minimum absolute atomic E-state index is 0.139. The number of aryl methyl sites for hydroxylation is 2. The van der Waals surface area contributed by atoms with Crippen LogP contribution in [0.15, 0.2) is 4.79 Å². The number of hydrogen-bond acceptors (Lipinski definition) is 6. The summed E-state index contributed by atoms with van der Waals surface area (Å²) in [5.74, 6) is 0.388. The summed E-state index contributed by atoms with van der Waals surface area (Å²) in [6.45, 7) is 4.87. The van der Waals surface area contributed by atoms with E-state index in [0.717, 1.165) is 0 Å². The van der Waals surface area contributed by atoms with Crippen LogP contribution in [0, 0.1) is 13.8 Å². The number of ether oxygens (including phenoxy) is 1. The molecule has 132 valence electrons. The van der Waals surface area contributed by atoms with E-state index in [1.54, 1.807) is 25.8 Å². The number of rotatable bonds is 1. The van der Waals surface area contributed by atoms with Crippen LogP contribution in [-0.4, -0.2) is 64.1 Å². The van der Waals surface area contributed by atoms with Crippen LogP contribution >= 0.6 is 11.3 Å². The number of amides is 2. The molecule has 25 heavy (non-hydrogen) atoms. The van der Waals surface area contributed by atoms with Crippen molar-refractivity contribution < 1.29 is 14.3 Å². The predicted octanol–water partition coefficient (Wildman–Crippen LogP) is 1.27. The molecule has 0 bridgehead atoms. The molecule has 0 radical (unpaired) electrons. The van der Waals surface area contributed by atoms with Crippen molar-refractivity contribution in [3.8, 4) is 0 Å².